The molecule has 1 aliphatic heterocycles. The molecule has 1 heterocycles. The molecule has 1 aliphatic rings. The number of hydrogen-bond donors (Lipinski definition) is 1. The summed E-state index contributed by atoms with van der Waals surface area (Å²) in [4.78, 5) is 13.3. The Hall–Kier alpha value is -1.20. The maximum atomic E-state index is 11.0. The van der Waals surface area contributed by atoms with Crippen LogP contribution in [-0.4, -0.2) is 47.2 Å². The van der Waals surface area contributed by atoms with Crippen molar-refractivity contribution in [2.75, 3.05) is 25.2 Å². The van der Waals surface area contributed by atoms with Gasteiger partial charge in [-0.2, -0.15) is 11.8 Å². The van der Waals surface area contributed by atoms with Crippen LogP contribution in [0.1, 0.15) is 24.9 Å². The molecule has 0 saturated carbocycles. The highest BCUT2D eigenvalue weighted by molar-refractivity contribution is 7.99. The molecule has 1 N–H and O–H groups in total. The van der Waals surface area contributed by atoms with E-state index in [1.165, 1.54) is 5.56 Å². The van der Waals surface area contributed by atoms with Crippen LogP contribution in [0.2, 0.25) is 0 Å². The first-order valence-corrected chi connectivity index (χ1v) is 7.96. The summed E-state index contributed by atoms with van der Waals surface area (Å²) in [7, 11) is 1.66. The van der Waals surface area contributed by atoms with Gasteiger partial charge in [-0.1, -0.05) is 12.1 Å². The van der Waals surface area contributed by atoms with Gasteiger partial charge < -0.3 is 9.84 Å². The third-order valence-corrected chi connectivity index (χ3v) is 4.85. The van der Waals surface area contributed by atoms with Crippen LogP contribution in [0, 0.1) is 0 Å². The summed E-state index contributed by atoms with van der Waals surface area (Å²) in [5.41, 5.74) is 1.17. The number of carbonyl (C=O) groups is 1. The summed E-state index contributed by atoms with van der Waals surface area (Å²) in [6.07, 6.45) is 0.210. The van der Waals surface area contributed by atoms with Crippen LogP contribution >= 0.6 is 11.8 Å². The summed E-state index contributed by atoms with van der Waals surface area (Å²) in [5, 5.41) is 9.06. The Balaban J connectivity index is 2.15. The normalized spacial score (nSPS) is 21.4. The molecule has 0 radical (unpaired) electrons. The van der Waals surface area contributed by atoms with Crippen LogP contribution in [0.5, 0.6) is 5.75 Å². The van der Waals surface area contributed by atoms with Gasteiger partial charge in [-0.3, -0.25) is 9.69 Å². The molecule has 2 atom stereocenters. The Morgan fingerprint density at radius 3 is 3.10 bits per heavy atom. The lowest BCUT2D eigenvalue weighted by atomic mass is 10.0. The fraction of sp³-hybridized carbons (Fsp3) is 0.533. The van der Waals surface area contributed by atoms with E-state index in [-0.39, 0.29) is 18.5 Å². The fourth-order valence-corrected chi connectivity index (χ4v) is 3.74. The first kappa shape index (κ1) is 15.2. The van der Waals surface area contributed by atoms with E-state index in [2.05, 4.69) is 17.9 Å². The maximum absolute atomic E-state index is 11.0. The van der Waals surface area contributed by atoms with Crippen LogP contribution in [-0.2, 0) is 4.79 Å². The minimum absolute atomic E-state index is 0.104. The smallest absolute Gasteiger partial charge is 0.304 e. The van der Waals surface area contributed by atoms with Gasteiger partial charge in [-0.25, -0.2) is 0 Å². The lowest BCUT2D eigenvalue weighted by Crippen LogP contribution is -2.44. The summed E-state index contributed by atoms with van der Waals surface area (Å²) < 4.78 is 5.27. The second kappa shape index (κ2) is 6.99. The van der Waals surface area contributed by atoms with Crippen molar-refractivity contribution in [2.24, 2.45) is 0 Å². The summed E-state index contributed by atoms with van der Waals surface area (Å²) in [5.74, 6) is 2.07. The molecular weight excluding hydrogens is 274 g/mol. The van der Waals surface area contributed by atoms with Crippen molar-refractivity contribution in [3.8, 4) is 5.75 Å². The minimum Gasteiger partial charge on any atom is -0.497 e. The summed E-state index contributed by atoms with van der Waals surface area (Å²) >= 11 is 1.84. The molecule has 1 aromatic rings. The van der Waals surface area contributed by atoms with Crippen LogP contribution < -0.4 is 4.74 Å². The molecule has 5 heteroatoms. The van der Waals surface area contributed by atoms with Crippen LogP contribution in [0.4, 0.5) is 0 Å². The van der Waals surface area contributed by atoms with Gasteiger partial charge in [0.25, 0.3) is 0 Å². The van der Waals surface area contributed by atoms with Gasteiger partial charge in [0.05, 0.1) is 13.5 Å². The number of ether oxygens (including phenoxy) is 1. The number of benzene rings is 1. The van der Waals surface area contributed by atoms with E-state index in [0.717, 1.165) is 23.8 Å². The number of nitrogens with zero attached hydrogens (tertiary/aromatic N) is 1. The Labute approximate surface area is 124 Å². The first-order chi connectivity index (χ1) is 9.61. The van der Waals surface area contributed by atoms with Crippen LogP contribution in [0.25, 0.3) is 0 Å². The Kier molecular flexibility index (Phi) is 5.31. The Morgan fingerprint density at radius 2 is 2.40 bits per heavy atom. The quantitative estimate of drug-likeness (QED) is 0.905. The SMILES string of the molecule is COc1cccc(C(C)N2CCSCC2CC(=O)O)c1. The van der Waals surface area contributed by atoms with Crippen LogP contribution in [0.3, 0.4) is 0 Å². The first-order valence-electron chi connectivity index (χ1n) is 6.81. The number of methoxy groups -OCH3 is 1. The molecule has 0 amide bonds. The molecule has 20 heavy (non-hydrogen) atoms. The van der Waals surface area contributed by atoms with E-state index in [4.69, 9.17) is 9.84 Å². The molecule has 0 spiro atoms. The summed E-state index contributed by atoms with van der Waals surface area (Å²) in [6, 6.07) is 8.33. The summed E-state index contributed by atoms with van der Waals surface area (Å²) in [6.45, 7) is 3.07. The molecule has 2 unspecified atom stereocenters. The van der Waals surface area contributed by atoms with Gasteiger partial charge in [-0.05, 0) is 24.6 Å². The van der Waals surface area contributed by atoms with Crippen molar-refractivity contribution in [1.82, 2.24) is 4.90 Å². The average Bonchev–Trinajstić information content (AvgIpc) is 2.46. The van der Waals surface area contributed by atoms with Gasteiger partial charge in [0.2, 0.25) is 0 Å². The molecule has 0 bridgehead atoms. The number of carboxylic acid groups (broad SMARTS) is 1. The molecule has 0 aromatic heterocycles. The molecule has 1 aromatic carbocycles. The predicted octanol–water partition coefficient (Wildman–Crippen LogP) is 2.65. The zero-order valence-corrected chi connectivity index (χ0v) is 12.7. The lowest BCUT2D eigenvalue weighted by molar-refractivity contribution is -0.138. The highest BCUT2D eigenvalue weighted by atomic mass is 32.2. The predicted molar refractivity (Wildman–Crippen MR) is 81.5 cm³/mol. The maximum Gasteiger partial charge on any atom is 0.304 e. The van der Waals surface area contributed by atoms with Gasteiger partial charge in [0.1, 0.15) is 5.75 Å². The standard InChI is InChI=1S/C15H21NO3S/c1-11(12-4-3-5-14(8-12)19-2)16-6-7-20-10-13(16)9-15(17)18/h3-5,8,11,13H,6-7,9-10H2,1-2H3,(H,17,18). The molecule has 1 saturated heterocycles. The zero-order valence-electron chi connectivity index (χ0n) is 11.9. The number of hydrogen-bond acceptors (Lipinski definition) is 4. The number of rotatable bonds is 5. The topological polar surface area (TPSA) is 49.8 Å². The monoisotopic (exact) mass is 295 g/mol. The second-order valence-corrected chi connectivity index (χ2v) is 6.17. The van der Waals surface area contributed by atoms with E-state index >= 15 is 0 Å². The Morgan fingerprint density at radius 1 is 1.60 bits per heavy atom. The lowest BCUT2D eigenvalue weighted by Gasteiger charge is -2.39. The third-order valence-electron chi connectivity index (χ3n) is 3.76. The number of thioether (sulfide) groups is 1. The van der Waals surface area contributed by atoms with E-state index < -0.39 is 5.97 Å². The molecular formula is C15H21NO3S. The van der Waals surface area contributed by atoms with E-state index in [9.17, 15) is 4.79 Å². The fourth-order valence-electron chi connectivity index (χ4n) is 2.65. The van der Waals surface area contributed by atoms with Gasteiger partial charge in [0, 0.05) is 30.1 Å². The highest BCUT2D eigenvalue weighted by Crippen LogP contribution is 2.30. The number of aliphatic carboxylic acids is 1. The van der Waals surface area contributed by atoms with Crippen molar-refractivity contribution in [3.63, 3.8) is 0 Å². The average molecular weight is 295 g/mol. The van der Waals surface area contributed by atoms with Gasteiger partial charge >= 0.3 is 5.97 Å². The Bertz CT molecular complexity index is 466. The van der Waals surface area contributed by atoms with E-state index in [1.54, 1.807) is 7.11 Å². The van der Waals surface area contributed by atoms with Crippen molar-refractivity contribution in [3.05, 3.63) is 29.8 Å². The van der Waals surface area contributed by atoms with Crippen molar-refractivity contribution < 1.29 is 14.6 Å². The van der Waals surface area contributed by atoms with Gasteiger partial charge in [-0.15, -0.1) is 0 Å². The third kappa shape index (κ3) is 3.67. The molecule has 4 nitrogen and oxygen atoms in total. The molecule has 1 fully saturated rings. The van der Waals surface area contributed by atoms with E-state index in [0.29, 0.717) is 0 Å². The molecule has 0 aliphatic carbocycles. The largest absolute Gasteiger partial charge is 0.497 e. The van der Waals surface area contributed by atoms with E-state index in [1.807, 2.05) is 30.0 Å². The zero-order chi connectivity index (χ0) is 14.5. The highest BCUT2D eigenvalue weighted by Gasteiger charge is 2.29. The van der Waals surface area contributed by atoms with Crippen molar-refractivity contribution in [2.45, 2.75) is 25.4 Å². The molecule has 2 rings (SSSR count). The second-order valence-electron chi connectivity index (χ2n) is 5.02. The van der Waals surface area contributed by atoms with Crippen LogP contribution in [0.15, 0.2) is 24.3 Å². The van der Waals surface area contributed by atoms with Crippen molar-refractivity contribution >= 4 is 17.7 Å². The van der Waals surface area contributed by atoms with Gasteiger partial charge in [0.15, 0.2) is 0 Å². The molecule has 110 valence electrons. The minimum atomic E-state index is -0.722. The van der Waals surface area contributed by atoms with Crippen molar-refractivity contribution in [1.29, 1.82) is 0 Å². The number of carboxylic acids is 1.